The fraction of sp³-hybridized carbons (Fsp3) is 0.231. The van der Waals surface area contributed by atoms with Gasteiger partial charge in [0.2, 0.25) is 4.96 Å². The summed E-state index contributed by atoms with van der Waals surface area (Å²) in [6.45, 7) is 1.96. The van der Waals surface area contributed by atoms with Crippen LogP contribution < -0.4 is 0 Å². The molecule has 0 aliphatic rings. The van der Waals surface area contributed by atoms with Crippen molar-refractivity contribution in [3.8, 4) is 10.6 Å². The van der Waals surface area contributed by atoms with E-state index >= 15 is 0 Å². The van der Waals surface area contributed by atoms with E-state index in [0.717, 1.165) is 11.3 Å². The Bertz CT molecular complexity index is 854. The molecule has 10 heteroatoms. The fourth-order valence-corrected chi connectivity index (χ4v) is 2.72. The van der Waals surface area contributed by atoms with Crippen molar-refractivity contribution in [2.24, 2.45) is 0 Å². The molecule has 1 aromatic carbocycles. The Hall–Kier alpha value is -2.49. The van der Waals surface area contributed by atoms with Gasteiger partial charge in [-0.15, -0.1) is 10.2 Å². The van der Waals surface area contributed by atoms with Gasteiger partial charge in [-0.05, 0) is 19.1 Å². The minimum atomic E-state index is -4.63. The molecule has 0 amide bonds. The van der Waals surface area contributed by atoms with Gasteiger partial charge in [-0.25, -0.2) is 4.79 Å². The number of aromatic nitrogens is 4. The summed E-state index contributed by atoms with van der Waals surface area (Å²) in [6, 6.07) is 6.23. The molecule has 0 saturated heterocycles. The van der Waals surface area contributed by atoms with Gasteiger partial charge in [-0.2, -0.15) is 22.8 Å². The summed E-state index contributed by atoms with van der Waals surface area (Å²) in [4.78, 5) is 11.6. The number of alkyl halides is 3. The monoisotopic (exact) mass is 342 g/mol. The van der Waals surface area contributed by atoms with Gasteiger partial charge in [0.05, 0.1) is 12.2 Å². The number of hydrogen-bond acceptors (Lipinski definition) is 6. The zero-order valence-electron chi connectivity index (χ0n) is 11.7. The molecule has 23 heavy (non-hydrogen) atoms. The lowest BCUT2D eigenvalue weighted by Gasteiger charge is -2.02. The van der Waals surface area contributed by atoms with Crippen LogP contribution in [-0.4, -0.2) is 32.4 Å². The average Bonchev–Trinajstić information content (AvgIpc) is 3.06. The first-order valence-corrected chi connectivity index (χ1v) is 7.29. The van der Waals surface area contributed by atoms with Crippen LogP contribution in [0.4, 0.5) is 13.2 Å². The number of benzene rings is 1. The lowest BCUT2D eigenvalue weighted by atomic mass is 10.1. The van der Waals surface area contributed by atoms with Gasteiger partial charge in [-0.3, -0.25) is 0 Å². The molecule has 3 rings (SSSR count). The molecule has 120 valence electrons. The molecule has 0 bridgehead atoms. The molecule has 0 spiro atoms. The van der Waals surface area contributed by atoms with E-state index in [9.17, 15) is 18.0 Å². The molecule has 6 nitrogen and oxygen atoms in total. The highest BCUT2D eigenvalue weighted by molar-refractivity contribution is 7.19. The molecule has 2 heterocycles. The second-order valence-corrected chi connectivity index (χ2v) is 5.38. The molecular formula is C13H9F3N4O2S. The summed E-state index contributed by atoms with van der Waals surface area (Å²) < 4.78 is 43.8. The number of fused-ring (bicyclic) bond motifs is 1. The minimum Gasteiger partial charge on any atom is -0.462 e. The van der Waals surface area contributed by atoms with Gasteiger partial charge in [0, 0.05) is 5.56 Å². The SMILES string of the molecule is CCOC(=O)c1ccc(-c2nn3c(C(F)(F)F)nnc3s2)cc1. The van der Waals surface area contributed by atoms with Crippen LogP contribution in [0.5, 0.6) is 0 Å². The van der Waals surface area contributed by atoms with E-state index in [2.05, 4.69) is 15.3 Å². The third kappa shape index (κ3) is 2.89. The highest BCUT2D eigenvalue weighted by atomic mass is 32.1. The summed E-state index contributed by atoms with van der Waals surface area (Å²) >= 11 is 0.974. The van der Waals surface area contributed by atoms with Crippen molar-refractivity contribution in [3.63, 3.8) is 0 Å². The summed E-state index contributed by atoms with van der Waals surface area (Å²) in [7, 11) is 0. The molecule has 0 saturated carbocycles. The Labute approximate surface area is 131 Å². The second kappa shape index (κ2) is 5.61. The zero-order chi connectivity index (χ0) is 16.6. The highest BCUT2D eigenvalue weighted by Crippen LogP contribution is 2.31. The molecule has 2 aromatic heterocycles. The predicted molar refractivity (Wildman–Crippen MR) is 75.1 cm³/mol. The predicted octanol–water partition coefficient (Wildman–Crippen LogP) is 3.05. The minimum absolute atomic E-state index is 0.0433. The van der Waals surface area contributed by atoms with E-state index in [0.29, 0.717) is 20.6 Å². The number of ether oxygens (including phenoxy) is 1. The van der Waals surface area contributed by atoms with Crippen molar-refractivity contribution in [3.05, 3.63) is 35.7 Å². The van der Waals surface area contributed by atoms with Crippen molar-refractivity contribution in [2.45, 2.75) is 13.1 Å². The maximum Gasteiger partial charge on any atom is 0.453 e. The molecule has 0 N–H and O–H groups in total. The quantitative estimate of drug-likeness (QED) is 0.684. The first-order chi connectivity index (χ1) is 10.9. The fourth-order valence-electron chi connectivity index (χ4n) is 1.87. The topological polar surface area (TPSA) is 69.4 Å². The maximum absolute atomic E-state index is 12.8. The molecule has 0 aliphatic heterocycles. The van der Waals surface area contributed by atoms with Gasteiger partial charge in [-0.1, -0.05) is 23.5 Å². The summed E-state index contributed by atoms with van der Waals surface area (Å²) in [5, 5.41) is 10.8. The first-order valence-electron chi connectivity index (χ1n) is 6.47. The van der Waals surface area contributed by atoms with Crippen LogP contribution in [0.1, 0.15) is 23.1 Å². The number of carbonyl (C=O) groups excluding carboxylic acids is 1. The molecule has 3 aromatic rings. The molecule has 0 unspecified atom stereocenters. The van der Waals surface area contributed by atoms with Crippen molar-refractivity contribution in [1.82, 2.24) is 19.8 Å². The number of nitrogens with zero attached hydrogens (tertiary/aromatic N) is 4. The van der Waals surface area contributed by atoms with E-state index in [1.807, 2.05) is 0 Å². The Morgan fingerprint density at radius 3 is 2.57 bits per heavy atom. The normalized spacial score (nSPS) is 11.8. The maximum atomic E-state index is 12.8. The molecule has 0 radical (unpaired) electrons. The van der Waals surface area contributed by atoms with Crippen LogP contribution in [0.2, 0.25) is 0 Å². The van der Waals surface area contributed by atoms with Crippen molar-refractivity contribution in [1.29, 1.82) is 0 Å². The number of hydrogen-bond donors (Lipinski definition) is 0. The van der Waals surface area contributed by atoms with Crippen LogP contribution in [0.15, 0.2) is 24.3 Å². The van der Waals surface area contributed by atoms with E-state index in [4.69, 9.17) is 4.74 Å². The van der Waals surface area contributed by atoms with Gasteiger partial charge in [0.1, 0.15) is 5.01 Å². The van der Waals surface area contributed by atoms with Crippen LogP contribution >= 0.6 is 11.3 Å². The van der Waals surface area contributed by atoms with Gasteiger partial charge in [0.15, 0.2) is 0 Å². The number of rotatable bonds is 3. The summed E-state index contributed by atoms with van der Waals surface area (Å²) in [5.41, 5.74) is 0.927. The average molecular weight is 342 g/mol. The van der Waals surface area contributed by atoms with Gasteiger partial charge >= 0.3 is 12.1 Å². The highest BCUT2D eigenvalue weighted by Gasteiger charge is 2.38. The molecule has 0 atom stereocenters. The Morgan fingerprint density at radius 1 is 1.26 bits per heavy atom. The summed E-state index contributed by atoms with van der Waals surface area (Å²) in [6.07, 6.45) is -4.63. The van der Waals surface area contributed by atoms with E-state index < -0.39 is 18.0 Å². The van der Waals surface area contributed by atoms with Crippen molar-refractivity contribution >= 4 is 22.3 Å². The number of halogens is 3. The summed E-state index contributed by atoms with van der Waals surface area (Å²) in [5.74, 6) is -1.63. The van der Waals surface area contributed by atoms with Crippen molar-refractivity contribution in [2.75, 3.05) is 6.61 Å². The van der Waals surface area contributed by atoms with E-state index in [1.54, 1.807) is 19.1 Å². The lowest BCUT2D eigenvalue weighted by molar-refractivity contribution is -0.146. The Kier molecular flexibility index (Phi) is 3.76. The van der Waals surface area contributed by atoms with Crippen LogP contribution in [0.25, 0.3) is 15.5 Å². The van der Waals surface area contributed by atoms with Crippen LogP contribution in [0, 0.1) is 0 Å². The Balaban J connectivity index is 1.94. The largest absolute Gasteiger partial charge is 0.462 e. The van der Waals surface area contributed by atoms with E-state index in [1.165, 1.54) is 12.1 Å². The third-order valence-electron chi connectivity index (χ3n) is 2.89. The second-order valence-electron chi connectivity index (χ2n) is 4.42. The standard InChI is InChI=1S/C13H9F3N4O2S/c1-2-22-10(21)8-5-3-7(4-6-8)9-19-20-11(13(14,15)16)17-18-12(20)23-9/h3-6H,2H2,1H3. The van der Waals surface area contributed by atoms with Crippen LogP contribution in [0.3, 0.4) is 0 Å². The van der Waals surface area contributed by atoms with Crippen molar-refractivity contribution < 1.29 is 22.7 Å². The smallest absolute Gasteiger partial charge is 0.453 e. The number of esters is 1. The van der Waals surface area contributed by atoms with Gasteiger partial charge < -0.3 is 4.74 Å². The molecule has 0 fully saturated rings. The molecular weight excluding hydrogens is 333 g/mol. The zero-order valence-corrected chi connectivity index (χ0v) is 12.5. The van der Waals surface area contributed by atoms with Crippen LogP contribution in [-0.2, 0) is 10.9 Å². The van der Waals surface area contributed by atoms with E-state index in [-0.39, 0.29) is 11.6 Å². The number of carbonyl (C=O) groups is 1. The third-order valence-corrected chi connectivity index (χ3v) is 3.84. The Morgan fingerprint density at radius 2 is 1.96 bits per heavy atom. The van der Waals surface area contributed by atoms with Gasteiger partial charge in [0.25, 0.3) is 5.82 Å². The first kappa shape index (κ1) is 15.4. The molecule has 0 aliphatic carbocycles. The lowest BCUT2D eigenvalue weighted by Crippen LogP contribution is -2.11.